The van der Waals surface area contributed by atoms with E-state index in [0.717, 1.165) is 0 Å². The number of aliphatic carboxylic acids is 1. The summed E-state index contributed by atoms with van der Waals surface area (Å²) in [5.74, 6) is 0.967. The standard InChI is InChI=1S/C28H25N5O4/c1-2-19-7-12-25(29-17-19)32-27(35)23-5-3-4-6-24(23)31-26(34)20-8-10-22(11-9-20)30-18-33-15-13-21(14-16-33)28(36)37/h1,3-12,17-18,21H,13-16H2,(H,31,34)(H,36,37)(H,29,32,35). The lowest BCUT2D eigenvalue weighted by Crippen LogP contribution is -2.35. The minimum Gasteiger partial charge on any atom is -0.481 e. The van der Waals surface area contributed by atoms with Gasteiger partial charge in [0.1, 0.15) is 5.82 Å². The lowest BCUT2D eigenvalue weighted by atomic mass is 9.98. The van der Waals surface area contributed by atoms with Crippen LogP contribution < -0.4 is 10.6 Å². The van der Waals surface area contributed by atoms with Crippen molar-refractivity contribution < 1.29 is 19.5 Å². The van der Waals surface area contributed by atoms with Crippen LogP contribution in [-0.4, -0.2) is 52.2 Å². The van der Waals surface area contributed by atoms with Crippen LogP contribution in [0, 0.1) is 18.3 Å². The molecule has 1 saturated heterocycles. The molecule has 3 N–H and O–H groups in total. The monoisotopic (exact) mass is 495 g/mol. The van der Waals surface area contributed by atoms with E-state index in [9.17, 15) is 14.4 Å². The number of nitrogens with zero attached hydrogens (tertiary/aromatic N) is 3. The first-order valence-electron chi connectivity index (χ1n) is 11.7. The van der Waals surface area contributed by atoms with Crippen LogP contribution in [0.2, 0.25) is 0 Å². The highest BCUT2D eigenvalue weighted by Crippen LogP contribution is 2.20. The molecule has 2 amide bonds. The Morgan fingerprint density at radius 3 is 2.38 bits per heavy atom. The van der Waals surface area contributed by atoms with Crippen LogP contribution >= 0.6 is 0 Å². The Kier molecular flexibility index (Phi) is 7.91. The van der Waals surface area contributed by atoms with E-state index in [2.05, 4.69) is 26.5 Å². The lowest BCUT2D eigenvalue weighted by molar-refractivity contribution is -0.142. The predicted molar refractivity (Wildman–Crippen MR) is 141 cm³/mol. The quantitative estimate of drug-likeness (QED) is 0.258. The molecule has 0 unspecified atom stereocenters. The highest BCUT2D eigenvalue weighted by atomic mass is 16.4. The fourth-order valence-electron chi connectivity index (χ4n) is 3.83. The summed E-state index contributed by atoms with van der Waals surface area (Å²) in [7, 11) is 0. The number of piperidine rings is 1. The number of anilines is 2. The Bertz CT molecular complexity index is 1350. The summed E-state index contributed by atoms with van der Waals surface area (Å²) in [6, 6.07) is 16.7. The maximum Gasteiger partial charge on any atom is 0.306 e. The Hall–Kier alpha value is -4.97. The van der Waals surface area contributed by atoms with E-state index in [1.54, 1.807) is 67.0 Å². The van der Waals surface area contributed by atoms with Crippen LogP contribution in [0.1, 0.15) is 39.1 Å². The van der Waals surface area contributed by atoms with Gasteiger partial charge in [-0.05, 0) is 61.4 Å². The summed E-state index contributed by atoms with van der Waals surface area (Å²) in [5.41, 5.74) is 2.31. The molecule has 0 atom stereocenters. The first kappa shape index (κ1) is 25.1. The van der Waals surface area contributed by atoms with Gasteiger partial charge in [0, 0.05) is 30.4 Å². The van der Waals surface area contributed by atoms with Crippen molar-refractivity contribution in [1.82, 2.24) is 9.88 Å². The number of carboxylic acid groups (broad SMARTS) is 1. The molecule has 3 aromatic rings. The summed E-state index contributed by atoms with van der Waals surface area (Å²) >= 11 is 0. The normalized spacial score (nSPS) is 13.6. The maximum absolute atomic E-state index is 12.9. The zero-order valence-electron chi connectivity index (χ0n) is 19.9. The highest BCUT2D eigenvalue weighted by Gasteiger charge is 2.23. The average molecular weight is 496 g/mol. The molecule has 1 fully saturated rings. The fraction of sp³-hybridized carbons (Fsp3) is 0.179. The number of terminal acetylenes is 1. The average Bonchev–Trinajstić information content (AvgIpc) is 2.93. The molecule has 186 valence electrons. The van der Waals surface area contributed by atoms with Gasteiger partial charge < -0.3 is 20.6 Å². The molecule has 37 heavy (non-hydrogen) atoms. The molecule has 2 heterocycles. The van der Waals surface area contributed by atoms with E-state index in [1.807, 2.05) is 4.90 Å². The summed E-state index contributed by atoms with van der Waals surface area (Å²) in [4.78, 5) is 47.3. The highest BCUT2D eigenvalue weighted by molar-refractivity contribution is 6.12. The van der Waals surface area contributed by atoms with E-state index in [4.69, 9.17) is 11.5 Å². The van der Waals surface area contributed by atoms with Crippen molar-refractivity contribution in [3.05, 3.63) is 83.6 Å². The van der Waals surface area contributed by atoms with Crippen LogP contribution in [-0.2, 0) is 4.79 Å². The van der Waals surface area contributed by atoms with Crippen molar-refractivity contribution in [3.8, 4) is 12.3 Å². The van der Waals surface area contributed by atoms with Crippen molar-refractivity contribution in [2.75, 3.05) is 23.7 Å². The number of carbonyl (C=O) groups excluding carboxylic acids is 2. The Labute approximate surface area is 214 Å². The van der Waals surface area contributed by atoms with Crippen LogP contribution in [0.25, 0.3) is 0 Å². The first-order chi connectivity index (χ1) is 17.9. The number of likely N-dealkylation sites (tertiary alicyclic amines) is 1. The molecule has 0 saturated carbocycles. The number of amides is 2. The Morgan fingerprint density at radius 1 is 1.00 bits per heavy atom. The smallest absolute Gasteiger partial charge is 0.306 e. The zero-order valence-corrected chi connectivity index (χ0v) is 19.9. The molecule has 0 spiro atoms. The number of carbonyl (C=O) groups is 3. The molecule has 2 aromatic carbocycles. The van der Waals surface area contributed by atoms with Crippen molar-refractivity contribution in [1.29, 1.82) is 0 Å². The summed E-state index contributed by atoms with van der Waals surface area (Å²) < 4.78 is 0. The fourth-order valence-corrected chi connectivity index (χ4v) is 3.83. The number of hydrogen-bond donors (Lipinski definition) is 3. The number of para-hydroxylation sites is 1. The molecule has 4 rings (SSSR count). The molecule has 9 nitrogen and oxygen atoms in total. The minimum atomic E-state index is -0.749. The number of pyridine rings is 1. The number of nitrogens with one attached hydrogen (secondary N) is 2. The number of carboxylic acids is 1. The zero-order chi connectivity index (χ0) is 26.2. The second-order valence-corrected chi connectivity index (χ2v) is 8.47. The van der Waals surface area contributed by atoms with E-state index < -0.39 is 11.9 Å². The lowest BCUT2D eigenvalue weighted by Gasteiger charge is -2.28. The number of aromatic nitrogens is 1. The molecular formula is C28H25N5O4. The van der Waals surface area contributed by atoms with Gasteiger partial charge in [-0.1, -0.05) is 18.1 Å². The van der Waals surface area contributed by atoms with Gasteiger partial charge in [0.05, 0.1) is 29.2 Å². The second kappa shape index (κ2) is 11.6. The third-order valence-electron chi connectivity index (χ3n) is 5.97. The van der Waals surface area contributed by atoms with E-state index in [0.29, 0.717) is 54.3 Å². The van der Waals surface area contributed by atoms with Gasteiger partial charge >= 0.3 is 5.97 Å². The van der Waals surface area contributed by atoms with Gasteiger partial charge in [-0.2, -0.15) is 0 Å². The third-order valence-corrected chi connectivity index (χ3v) is 5.97. The molecule has 0 radical (unpaired) electrons. The van der Waals surface area contributed by atoms with Crippen molar-refractivity contribution in [2.45, 2.75) is 12.8 Å². The molecule has 1 aliphatic heterocycles. The maximum atomic E-state index is 12.9. The van der Waals surface area contributed by atoms with Crippen LogP contribution in [0.5, 0.6) is 0 Å². The van der Waals surface area contributed by atoms with Crippen molar-refractivity contribution >= 4 is 41.3 Å². The number of benzene rings is 2. The van der Waals surface area contributed by atoms with Gasteiger partial charge in [0.2, 0.25) is 0 Å². The van der Waals surface area contributed by atoms with Gasteiger partial charge in [0.25, 0.3) is 11.8 Å². The van der Waals surface area contributed by atoms with Crippen LogP contribution in [0.4, 0.5) is 17.2 Å². The van der Waals surface area contributed by atoms with Crippen LogP contribution in [0.3, 0.4) is 0 Å². The minimum absolute atomic E-state index is 0.284. The van der Waals surface area contributed by atoms with Crippen molar-refractivity contribution in [2.24, 2.45) is 10.9 Å². The van der Waals surface area contributed by atoms with Crippen molar-refractivity contribution in [3.63, 3.8) is 0 Å². The van der Waals surface area contributed by atoms with Gasteiger partial charge in [-0.25, -0.2) is 9.98 Å². The molecule has 1 aromatic heterocycles. The SMILES string of the molecule is C#Cc1ccc(NC(=O)c2ccccc2NC(=O)c2ccc(N=CN3CCC(C(=O)O)CC3)cc2)nc1. The summed E-state index contributed by atoms with van der Waals surface area (Å²) in [6.07, 6.45) is 9.70. The largest absolute Gasteiger partial charge is 0.481 e. The Morgan fingerprint density at radius 2 is 1.73 bits per heavy atom. The van der Waals surface area contributed by atoms with Gasteiger partial charge in [-0.3, -0.25) is 14.4 Å². The van der Waals surface area contributed by atoms with E-state index >= 15 is 0 Å². The predicted octanol–water partition coefficient (Wildman–Crippen LogP) is 4.02. The topological polar surface area (TPSA) is 124 Å². The Balaban J connectivity index is 1.37. The molecule has 0 aliphatic carbocycles. The van der Waals surface area contributed by atoms with E-state index in [1.165, 1.54) is 6.20 Å². The molecule has 0 bridgehead atoms. The summed E-state index contributed by atoms with van der Waals surface area (Å²) in [5, 5.41) is 14.6. The van der Waals surface area contributed by atoms with Gasteiger partial charge in [-0.15, -0.1) is 6.42 Å². The molecular weight excluding hydrogens is 470 g/mol. The third kappa shape index (κ3) is 6.58. The van der Waals surface area contributed by atoms with E-state index in [-0.39, 0.29) is 17.4 Å². The molecule has 9 heteroatoms. The number of hydrogen-bond acceptors (Lipinski definition) is 5. The van der Waals surface area contributed by atoms with Gasteiger partial charge in [0.15, 0.2) is 0 Å². The second-order valence-electron chi connectivity index (χ2n) is 8.47. The summed E-state index contributed by atoms with van der Waals surface area (Å²) in [6.45, 7) is 1.28. The number of rotatable bonds is 7. The molecule has 1 aliphatic rings. The van der Waals surface area contributed by atoms with Crippen LogP contribution in [0.15, 0.2) is 71.9 Å². The first-order valence-corrected chi connectivity index (χ1v) is 11.7. The number of aliphatic imine (C=N–C) groups is 1.